The van der Waals surface area contributed by atoms with Crippen molar-refractivity contribution in [1.82, 2.24) is 5.32 Å². The molecule has 1 N–H and O–H groups in total. The zero-order chi connectivity index (χ0) is 15.1. The number of nitrogens with one attached hydrogen (secondary N) is 1. The van der Waals surface area contributed by atoms with E-state index in [-0.39, 0.29) is 16.8 Å². The first-order valence-corrected chi connectivity index (χ1v) is 8.31. The van der Waals surface area contributed by atoms with Gasteiger partial charge in [-0.3, -0.25) is 4.79 Å². The number of rotatable bonds is 2. The van der Waals surface area contributed by atoms with E-state index in [2.05, 4.69) is 5.32 Å². The SMILES string of the molecule is CC1(C)CC[C@@H](c2ccc(S(C)(=O)=O)c(F)c2)NC1=O. The molecule has 1 saturated heterocycles. The first kappa shape index (κ1) is 15.0. The normalized spacial score (nSPS) is 22.4. The Morgan fingerprint density at radius 3 is 2.50 bits per heavy atom. The van der Waals surface area contributed by atoms with Crippen LogP contribution in [0.15, 0.2) is 23.1 Å². The standard InChI is InChI=1S/C14H18FNO3S/c1-14(2)7-6-11(16-13(14)17)9-4-5-12(10(15)8-9)20(3,18)19/h4-5,8,11H,6-7H2,1-3H3,(H,16,17)/t11-/m0/s1. The molecule has 20 heavy (non-hydrogen) atoms. The van der Waals surface area contributed by atoms with Crippen LogP contribution in [0.25, 0.3) is 0 Å². The van der Waals surface area contributed by atoms with Crippen LogP contribution in [0.2, 0.25) is 0 Å². The second-order valence-electron chi connectivity index (χ2n) is 5.91. The fourth-order valence-corrected chi connectivity index (χ4v) is 3.06. The average Bonchev–Trinajstić information content (AvgIpc) is 2.31. The second kappa shape index (κ2) is 4.84. The maximum atomic E-state index is 13.9. The molecule has 1 amide bonds. The number of carbonyl (C=O) groups excluding carboxylic acids is 1. The summed E-state index contributed by atoms with van der Waals surface area (Å²) in [5.74, 6) is -0.842. The van der Waals surface area contributed by atoms with E-state index in [0.29, 0.717) is 18.4 Å². The van der Waals surface area contributed by atoms with Gasteiger partial charge in [0.15, 0.2) is 9.84 Å². The number of carbonyl (C=O) groups is 1. The minimum Gasteiger partial charge on any atom is -0.349 e. The molecular formula is C14H18FNO3S. The monoisotopic (exact) mass is 299 g/mol. The molecule has 0 spiro atoms. The quantitative estimate of drug-likeness (QED) is 0.910. The molecule has 1 atom stereocenters. The lowest BCUT2D eigenvalue weighted by molar-refractivity contribution is -0.133. The fraction of sp³-hybridized carbons (Fsp3) is 0.500. The molecule has 0 aromatic heterocycles. The third kappa shape index (κ3) is 2.85. The highest BCUT2D eigenvalue weighted by Crippen LogP contribution is 2.34. The number of hydrogen-bond donors (Lipinski definition) is 1. The molecular weight excluding hydrogens is 281 g/mol. The molecule has 4 nitrogen and oxygen atoms in total. The molecule has 1 aliphatic rings. The van der Waals surface area contributed by atoms with Crippen molar-refractivity contribution in [1.29, 1.82) is 0 Å². The van der Waals surface area contributed by atoms with Crippen molar-refractivity contribution in [3.63, 3.8) is 0 Å². The predicted octanol–water partition coefficient (Wildman–Crippen LogP) is 2.21. The van der Waals surface area contributed by atoms with Gasteiger partial charge in [0.1, 0.15) is 10.7 Å². The Balaban J connectivity index is 2.28. The Bertz CT molecular complexity index is 652. The molecule has 2 rings (SSSR count). The van der Waals surface area contributed by atoms with Crippen LogP contribution in [-0.4, -0.2) is 20.6 Å². The van der Waals surface area contributed by atoms with Gasteiger partial charge in [-0.05, 0) is 30.5 Å². The molecule has 110 valence electrons. The summed E-state index contributed by atoms with van der Waals surface area (Å²) in [7, 11) is -3.57. The minimum atomic E-state index is -3.57. The highest BCUT2D eigenvalue weighted by atomic mass is 32.2. The molecule has 0 radical (unpaired) electrons. The van der Waals surface area contributed by atoms with Crippen molar-refractivity contribution >= 4 is 15.7 Å². The van der Waals surface area contributed by atoms with E-state index in [4.69, 9.17) is 0 Å². The van der Waals surface area contributed by atoms with E-state index in [1.807, 2.05) is 13.8 Å². The molecule has 0 bridgehead atoms. The summed E-state index contributed by atoms with van der Waals surface area (Å²) in [5.41, 5.74) is 0.181. The number of sulfone groups is 1. The number of piperidine rings is 1. The Kier molecular flexibility index (Phi) is 3.62. The summed E-state index contributed by atoms with van der Waals surface area (Å²) in [4.78, 5) is 11.6. The van der Waals surface area contributed by atoms with Crippen LogP contribution >= 0.6 is 0 Å². The van der Waals surface area contributed by atoms with E-state index in [1.165, 1.54) is 12.1 Å². The van der Waals surface area contributed by atoms with E-state index >= 15 is 0 Å². The third-order valence-corrected chi connectivity index (χ3v) is 4.87. The lowest BCUT2D eigenvalue weighted by Crippen LogP contribution is -2.44. The average molecular weight is 299 g/mol. The van der Waals surface area contributed by atoms with Gasteiger partial charge < -0.3 is 5.32 Å². The second-order valence-corrected chi connectivity index (χ2v) is 7.89. The van der Waals surface area contributed by atoms with Gasteiger partial charge in [0.2, 0.25) is 5.91 Å². The lowest BCUT2D eigenvalue weighted by atomic mass is 9.80. The van der Waals surface area contributed by atoms with Gasteiger partial charge in [-0.2, -0.15) is 0 Å². The smallest absolute Gasteiger partial charge is 0.226 e. The highest BCUT2D eigenvalue weighted by Gasteiger charge is 2.35. The fourth-order valence-electron chi connectivity index (χ4n) is 2.33. The summed E-state index contributed by atoms with van der Waals surface area (Å²) in [6, 6.07) is 3.74. The van der Waals surface area contributed by atoms with Gasteiger partial charge >= 0.3 is 0 Å². The van der Waals surface area contributed by atoms with Crippen LogP contribution in [0.4, 0.5) is 4.39 Å². The van der Waals surface area contributed by atoms with Crippen LogP contribution in [0.3, 0.4) is 0 Å². The third-order valence-electron chi connectivity index (χ3n) is 3.74. The molecule has 0 aliphatic carbocycles. The van der Waals surface area contributed by atoms with Crippen molar-refractivity contribution in [2.24, 2.45) is 5.41 Å². The van der Waals surface area contributed by atoms with Crippen LogP contribution in [-0.2, 0) is 14.6 Å². The van der Waals surface area contributed by atoms with E-state index in [1.54, 1.807) is 6.07 Å². The first-order chi connectivity index (χ1) is 9.11. The van der Waals surface area contributed by atoms with Crippen molar-refractivity contribution in [2.75, 3.05) is 6.26 Å². The van der Waals surface area contributed by atoms with Crippen LogP contribution < -0.4 is 5.32 Å². The predicted molar refractivity (Wildman–Crippen MR) is 73.4 cm³/mol. The van der Waals surface area contributed by atoms with E-state index in [9.17, 15) is 17.6 Å². The van der Waals surface area contributed by atoms with Crippen molar-refractivity contribution in [2.45, 2.75) is 37.6 Å². The Labute approximate surface area is 118 Å². The van der Waals surface area contributed by atoms with Gasteiger partial charge in [0.05, 0.1) is 6.04 Å². The summed E-state index contributed by atoms with van der Waals surface area (Å²) >= 11 is 0. The zero-order valence-electron chi connectivity index (χ0n) is 11.7. The van der Waals surface area contributed by atoms with Gasteiger partial charge in [-0.1, -0.05) is 19.9 Å². The number of benzene rings is 1. The van der Waals surface area contributed by atoms with Crippen molar-refractivity contribution in [3.05, 3.63) is 29.6 Å². The Morgan fingerprint density at radius 1 is 1.35 bits per heavy atom. The number of halogens is 1. The molecule has 1 fully saturated rings. The molecule has 1 aromatic carbocycles. The van der Waals surface area contributed by atoms with Crippen molar-refractivity contribution < 1.29 is 17.6 Å². The number of amides is 1. The van der Waals surface area contributed by atoms with Gasteiger partial charge in [-0.15, -0.1) is 0 Å². The Morgan fingerprint density at radius 2 is 2.00 bits per heavy atom. The van der Waals surface area contributed by atoms with Crippen LogP contribution in [0.5, 0.6) is 0 Å². The van der Waals surface area contributed by atoms with Crippen LogP contribution in [0, 0.1) is 11.2 Å². The summed E-state index contributed by atoms with van der Waals surface area (Å²) < 4.78 is 36.6. The number of hydrogen-bond acceptors (Lipinski definition) is 3. The topological polar surface area (TPSA) is 63.2 Å². The van der Waals surface area contributed by atoms with Gasteiger partial charge in [-0.25, -0.2) is 12.8 Å². The molecule has 1 heterocycles. The Hall–Kier alpha value is -1.43. The van der Waals surface area contributed by atoms with E-state index < -0.39 is 21.1 Å². The van der Waals surface area contributed by atoms with E-state index in [0.717, 1.165) is 6.26 Å². The highest BCUT2D eigenvalue weighted by molar-refractivity contribution is 7.90. The minimum absolute atomic E-state index is 0.0682. The largest absolute Gasteiger partial charge is 0.349 e. The summed E-state index contributed by atoms with van der Waals surface area (Å²) in [5, 5.41) is 2.85. The first-order valence-electron chi connectivity index (χ1n) is 6.42. The lowest BCUT2D eigenvalue weighted by Gasteiger charge is -2.34. The summed E-state index contributed by atoms with van der Waals surface area (Å²) in [6.45, 7) is 3.73. The molecule has 0 unspecified atom stereocenters. The molecule has 1 aliphatic heterocycles. The summed E-state index contributed by atoms with van der Waals surface area (Å²) in [6.07, 6.45) is 2.38. The maximum absolute atomic E-state index is 13.9. The van der Waals surface area contributed by atoms with Crippen LogP contribution in [0.1, 0.15) is 38.3 Å². The molecule has 0 saturated carbocycles. The van der Waals surface area contributed by atoms with Crippen molar-refractivity contribution in [3.8, 4) is 0 Å². The van der Waals surface area contributed by atoms with Gasteiger partial charge in [0.25, 0.3) is 0 Å². The molecule has 6 heteroatoms. The zero-order valence-corrected chi connectivity index (χ0v) is 12.6. The molecule has 1 aromatic rings. The maximum Gasteiger partial charge on any atom is 0.226 e. The van der Waals surface area contributed by atoms with Gasteiger partial charge in [0, 0.05) is 11.7 Å².